The van der Waals surface area contributed by atoms with Crippen molar-refractivity contribution >= 4 is 24.4 Å². The van der Waals surface area contributed by atoms with Crippen LogP contribution in [0.25, 0.3) is 0 Å². The highest BCUT2D eigenvalue weighted by molar-refractivity contribution is 5.82. The van der Waals surface area contributed by atoms with Gasteiger partial charge in [-0.2, -0.15) is 0 Å². The molecule has 258 valence electrons. The molecule has 43 heavy (non-hydrogen) atoms. The van der Waals surface area contributed by atoms with E-state index in [0.717, 1.165) is 70.5 Å². The number of nitrogens with two attached hydrogens (primary N) is 1. The largest absolute Gasteiger partial charge is 0.359 e. The van der Waals surface area contributed by atoms with Crippen LogP contribution in [0, 0.1) is 11.8 Å². The maximum Gasteiger partial charge on any atom is 0.238 e. The molecule has 9 nitrogen and oxygen atoms in total. The Balaban J connectivity index is -0.000000246. The lowest BCUT2D eigenvalue weighted by molar-refractivity contribution is -0.127. The fourth-order valence-corrected chi connectivity index (χ4v) is 4.46. The second-order valence-corrected chi connectivity index (χ2v) is 11.2. The van der Waals surface area contributed by atoms with Crippen LogP contribution >= 0.6 is 0 Å². The number of nitrogens with zero attached hydrogens (tertiary/aromatic N) is 2. The normalized spacial score (nSPS) is 18.2. The van der Waals surface area contributed by atoms with Gasteiger partial charge in [0.15, 0.2) is 0 Å². The van der Waals surface area contributed by atoms with Gasteiger partial charge in [0.25, 0.3) is 0 Å². The Morgan fingerprint density at radius 3 is 1.86 bits per heavy atom. The molecule has 1 saturated heterocycles. The number of carbonyl (C=O) groups excluding carboxylic acids is 4. The number of likely N-dealkylation sites (N-methyl/N-ethyl adjacent to an activating group) is 1. The molecule has 2 fully saturated rings. The summed E-state index contributed by atoms with van der Waals surface area (Å²) in [5.41, 5.74) is 4.50. The molecule has 2 rings (SSSR count). The fraction of sp³-hybridized carbons (Fsp3) is 0.882. The van der Waals surface area contributed by atoms with Crippen LogP contribution in [-0.2, 0) is 19.2 Å². The SMILES string of the molecule is CC.CCC.CN.CNC(=O)CCCCCCCC=O.C[C@H](NC(=O)C1[C@@H](C)CCN1C)N(C)C.O=CC1CCCCC1. The van der Waals surface area contributed by atoms with E-state index in [-0.39, 0.29) is 24.0 Å². The number of rotatable bonds is 12. The lowest BCUT2D eigenvalue weighted by Crippen LogP contribution is -2.50. The number of unbranched alkanes of at least 4 members (excludes halogenated alkanes) is 5. The van der Waals surface area contributed by atoms with Crippen molar-refractivity contribution in [3.8, 4) is 0 Å². The van der Waals surface area contributed by atoms with E-state index in [4.69, 9.17) is 0 Å². The number of nitrogens with one attached hydrogen (secondary N) is 2. The molecular formula is C34H73N5O4. The number of aldehydes is 2. The first-order valence-corrected chi connectivity index (χ1v) is 16.9. The molecule has 1 heterocycles. The predicted molar refractivity (Wildman–Crippen MR) is 184 cm³/mol. The molecule has 1 aliphatic heterocycles. The van der Waals surface area contributed by atoms with Gasteiger partial charge in [-0.05, 0) is 79.7 Å². The van der Waals surface area contributed by atoms with Gasteiger partial charge in [0.1, 0.15) is 12.6 Å². The van der Waals surface area contributed by atoms with Gasteiger partial charge in [0.05, 0.1) is 12.2 Å². The molecule has 1 aliphatic carbocycles. The number of carbonyl (C=O) groups is 4. The number of hydrogen-bond donors (Lipinski definition) is 3. The average molecular weight is 616 g/mol. The quantitative estimate of drug-likeness (QED) is 0.144. The first kappa shape index (κ1) is 48.1. The zero-order chi connectivity index (χ0) is 34.1. The number of likely N-dealkylation sites (tertiary alicyclic amines) is 1. The highest BCUT2D eigenvalue weighted by atomic mass is 16.2. The lowest BCUT2D eigenvalue weighted by Gasteiger charge is -2.27. The number of hydrogen-bond acceptors (Lipinski definition) is 7. The molecular weight excluding hydrogens is 542 g/mol. The summed E-state index contributed by atoms with van der Waals surface area (Å²) in [6.45, 7) is 13.4. The van der Waals surface area contributed by atoms with E-state index < -0.39 is 0 Å². The third kappa shape index (κ3) is 30.0. The van der Waals surface area contributed by atoms with Crippen LogP contribution in [0.3, 0.4) is 0 Å². The Labute approximate surface area is 266 Å². The van der Waals surface area contributed by atoms with Gasteiger partial charge in [-0.25, -0.2) is 0 Å². The van der Waals surface area contributed by atoms with Crippen molar-refractivity contribution in [2.45, 2.75) is 144 Å². The molecule has 4 N–H and O–H groups in total. The Kier molecular flexibility index (Phi) is 40.6. The van der Waals surface area contributed by atoms with Crippen LogP contribution in [0.15, 0.2) is 0 Å². The van der Waals surface area contributed by atoms with Crippen LogP contribution < -0.4 is 16.4 Å². The van der Waals surface area contributed by atoms with Gasteiger partial charge in [0.2, 0.25) is 11.8 Å². The highest BCUT2D eigenvalue weighted by Crippen LogP contribution is 2.22. The second kappa shape index (κ2) is 36.4. The summed E-state index contributed by atoms with van der Waals surface area (Å²) >= 11 is 0. The fourth-order valence-electron chi connectivity index (χ4n) is 4.46. The summed E-state index contributed by atoms with van der Waals surface area (Å²) in [6.07, 6.45) is 17.3. The molecule has 1 unspecified atom stereocenters. The summed E-state index contributed by atoms with van der Waals surface area (Å²) in [6, 6.07) is 0.0485. The van der Waals surface area contributed by atoms with Crippen molar-refractivity contribution in [3.05, 3.63) is 0 Å². The molecule has 0 aromatic carbocycles. The Morgan fingerprint density at radius 2 is 1.47 bits per heavy atom. The molecule has 2 aliphatic rings. The minimum absolute atomic E-state index is 0.0485. The Morgan fingerprint density at radius 1 is 0.953 bits per heavy atom. The Hall–Kier alpha value is -1.84. The summed E-state index contributed by atoms with van der Waals surface area (Å²) < 4.78 is 0. The molecule has 0 aromatic rings. The molecule has 1 saturated carbocycles. The standard InChI is InChI=1S/C11H23N3O.C10H19NO2.C7H12O.C3H8.C2H6.CH5N/c1-8-6-7-14(5)10(8)11(15)12-9(2)13(3)4;1-11-10(13)8-6-4-2-3-5-7-9-12;8-6-7-4-2-1-3-5-7;1-3-2;2*1-2/h8-10H,6-7H2,1-5H3,(H,12,15);9H,2-8H2,1H3,(H,11,13);6-7H,1-5H2;3H2,1-2H3;1-2H3;2H2,1H3/t8-,9+,10?;;;;;/m0...../s1. The molecule has 2 amide bonds. The summed E-state index contributed by atoms with van der Waals surface area (Å²) in [5, 5.41) is 5.62. The van der Waals surface area contributed by atoms with Gasteiger partial charge in [-0.1, -0.05) is 79.6 Å². The third-order valence-electron chi connectivity index (χ3n) is 7.19. The van der Waals surface area contributed by atoms with Gasteiger partial charge in [-0.3, -0.25) is 19.4 Å². The third-order valence-corrected chi connectivity index (χ3v) is 7.19. The van der Waals surface area contributed by atoms with Gasteiger partial charge in [-0.15, -0.1) is 0 Å². The summed E-state index contributed by atoms with van der Waals surface area (Å²) in [4.78, 5) is 47.1. The minimum atomic E-state index is 0.0485. The molecule has 9 heteroatoms. The summed E-state index contributed by atoms with van der Waals surface area (Å²) in [7, 11) is 9.11. The smallest absolute Gasteiger partial charge is 0.238 e. The van der Waals surface area contributed by atoms with Crippen molar-refractivity contribution < 1.29 is 19.2 Å². The molecule has 3 atom stereocenters. The van der Waals surface area contributed by atoms with Crippen LogP contribution in [0.1, 0.15) is 131 Å². The van der Waals surface area contributed by atoms with Crippen LogP contribution in [-0.4, -0.2) is 88.2 Å². The van der Waals surface area contributed by atoms with Crippen molar-refractivity contribution in [3.63, 3.8) is 0 Å². The van der Waals surface area contributed by atoms with E-state index in [2.05, 4.69) is 42.0 Å². The van der Waals surface area contributed by atoms with E-state index in [1.165, 1.54) is 32.7 Å². The second-order valence-electron chi connectivity index (χ2n) is 11.2. The maximum absolute atomic E-state index is 12.0. The van der Waals surface area contributed by atoms with Crippen molar-refractivity contribution in [1.82, 2.24) is 20.4 Å². The maximum atomic E-state index is 12.0. The molecule has 0 spiro atoms. The average Bonchev–Trinajstić information content (AvgIpc) is 3.37. The zero-order valence-electron chi connectivity index (χ0n) is 30.2. The monoisotopic (exact) mass is 616 g/mol. The predicted octanol–water partition coefficient (Wildman–Crippen LogP) is 5.80. The molecule has 0 bridgehead atoms. The van der Waals surface area contributed by atoms with E-state index in [1.54, 1.807) is 7.05 Å². The van der Waals surface area contributed by atoms with E-state index in [1.807, 2.05) is 46.8 Å². The molecule has 0 radical (unpaired) electrons. The minimum Gasteiger partial charge on any atom is -0.359 e. The van der Waals surface area contributed by atoms with Crippen LogP contribution in [0.4, 0.5) is 0 Å². The van der Waals surface area contributed by atoms with E-state index in [9.17, 15) is 19.2 Å². The first-order chi connectivity index (χ1) is 20.6. The zero-order valence-corrected chi connectivity index (χ0v) is 30.2. The van der Waals surface area contributed by atoms with Crippen molar-refractivity contribution in [2.75, 3.05) is 41.8 Å². The van der Waals surface area contributed by atoms with Crippen LogP contribution in [0.2, 0.25) is 0 Å². The highest BCUT2D eigenvalue weighted by Gasteiger charge is 2.34. The first-order valence-electron chi connectivity index (χ1n) is 16.9. The van der Waals surface area contributed by atoms with E-state index in [0.29, 0.717) is 24.7 Å². The van der Waals surface area contributed by atoms with E-state index >= 15 is 0 Å². The lowest BCUT2D eigenvalue weighted by atomic mass is 9.91. The summed E-state index contributed by atoms with van der Waals surface area (Å²) in [5.74, 6) is 1.14. The van der Waals surface area contributed by atoms with Crippen molar-refractivity contribution in [1.29, 1.82) is 0 Å². The van der Waals surface area contributed by atoms with Crippen LogP contribution in [0.5, 0.6) is 0 Å². The molecule has 0 aromatic heterocycles. The van der Waals surface area contributed by atoms with Gasteiger partial charge >= 0.3 is 0 Å². The van der Waals surface area contributed by atoms with Gasteiger partial charge < -0.3 is 26.0 Å². The Bertz CT molecular complexity index is 618. The topological polar surface area (TPSA) is 125 Å². The number of amides is 2. The van der Waals surface area contributed by atoms with Gasteiger partial charge in [0, 0.05) is 25.8 Å². The van der Waals surface area contributed by atoms with Crippen molar-refractivity contribution in [2.24, 2.45) is 17.6 Å².